The van der Waals surface area contributed by atoms with Gasteiger partial charge in [-0.3, -0.25) is 9.59 Å². The normalized spacial score (nSPS) is 30.2. The van der Waals surface area contributed by atoms with E-state index in [1.54, 1.807) is 18.2 Å². The second-order valence-corrected chi connectivity index (χ2v) is 9.96. The van der Waals surface area contributed by atoms with E-state index in [-0.39, 0.29) is 42.0 Å². The summed E-state index contributed by atoms with van der Waals surface area (Å²) in [5.41, 5.74) is -0.268. The third-order valence-electron chi connectivity index (χ3n) is 7.25. The number of amides is 2. The van der Waals surface area contributed by atoms with Crippen LogP contribution < -0.4 is 15.4 Å². The van der Waals surface area contributed by atoms with Crippen molar-refractivity contribution >= 4 is 11.8 Å². The van der Waals surface area contributed by atoms with Crippen LogP contribution >= 0.6 is 0 Å². The van der Waals surface area contributed by atoms with Crippen LogP contribution in [0.5, 0.6) is 5.75 Å². The van der Waals surface area contributed by atoms with Crippen LogP contribution in [0.2, 0.25) is 0 Å². The van der Waals surface area contributed by atoms with Gasteiger partial charge >= 0.3 is 0 Å². The van der Waals surface area contributed by atoms with Gasteiger partial charge in [0.05, 0.1) is 6.54 Å². The minimum atomic E-state index is -0.570. The summed E-state index contributed by atoms with van der Waals surface area (Å²) in [4.78, 5) is 26.1. The van der Waals surface area contributed by atoms with Gasteiger partial charge in [0.1, 0.15) is 12.6 Å². The summed E-state index contributed by atoms with van der Waals surface area (Å²) in [5, 5.41) is 5.92. The molecule has 1 aromatic carbocycles. The zero-order chi connectivity index (χ0) is 21.3. The molecule has 4 aliphatic rings. The number of para-hydroxylation sites is 1. The first-order valence-corrected chi connectivity index (χ1v) is 11.3. The summed E-state index contributed by atoms with van der Waals surface area (Å²) in [6.07, 6.45) is 6.78. The van der Waals surface area contributed by atoms with Gasteiger partial charge in [-0.15, -0.1) is 0 Å². The molecule has 4 saturated carbocycles. The van der Waals surface area contributed by atoms with E-state index in [0.717, 1.165) is 19.3 Å². The summed E-state index contributed by atoms with van der Waals surface area (Å²) in [6.45, 7) is 4.31. The molecule has 1 unspecified atom stereocenters. The average molecular weight is 417 g/mol. The molecule has 1 atom stereocenters. The smallest absolute Gasteiger partial charge is 0.242 e. The fourth-order valence-electron chi connectivity index (χ4n) is 6.22. The number of halogens is 1. The monoisotopic (exact) mass is 416 g/mol. The number of carbonyl (C=O) groups excluding carboxylic acids is 2. The molecule has 5 rings (SSSR count). The number of benzene rings is 1. The molecule has 6 heteroatoms. The molecule has 0 aliphatic heterocycles. The Morgan fingerprint density at radius 1 is 1.10 bits per heavy atom. The molecule has 1 aromatic rings. The van der Waals surface area contributed by atoms with Crippen molar-refractivity contribution in [3.05, 3.63) is 30.1 Å². The SMILES string of the molecule is CC(C)C(NC(=O)C12CC3CC(CC(C3)C1)C2)C(=O)NCCOc1ccccc1F. The van der Waals surface area contributed by atoms with Crippen LogP contribution in [0.15, 0.2) is 24.3 Å². The van der Waals surface area contributed by atoms with Crippen molar-refractivity contribution in [1.82, 2.24) is 10.6 Å². The van der Waals surface area contributed by atoms with Crippen LogP contribution in [0.25, 0.3) is 0 Å². The van der Waals surface area contributed by atoms with Gasteiger partial charge in [-0.2, -0.15) is 0 Å². The van der Waals surface area contributed by atoms with E-state index >= 15 is 0 Å². The van der Waals surface area contributed by atoms with Crippen LogP contribution in [-0.4, -0.2) is 31.0 Å². The van der Waals surface area contributed by atoms with Crippen LogP contribution in [0.4, 0.5) is 4.39 Å². The summed E-state index contributed by atoms with van der Waals surface area (Å²) in [7, 11) is 0. The van der Waals surface area contributed by atoms with Crippen molar-refractivity contribution in [3.8, 4) is 5.75 Å². The standard InChI is InChI=1S/C24H33FN2O3/c1-15(2)21(22(28)26-7-8-30-20-6-4-3-5-19(20)25)27-23(29)24-12-16-9-17(13-24)11-18(10-16)14-24/h3-6,15-18,21H,7-14H2,1-2H3,(H,26,28)(H,27,29). The minimum Gasteiger partial charge on any atom is -0.489 e. The average Bonchev–Trinajstić information content (AvgIpc) is 2.69. The Kier molecular flexibility index (Phi) is 6.03. The molecule has 4 bridgehead atoms. The van der Waals surface area contributed by atoms with Gasteiger partial charge < -0.3 is 15.4 Å². The highest BCUT2D eigenvalue weighted by Crippen LogP contribution is 2.60. The quantitative estimate of drug-likeness (QED) is 0.636. The molecule has 2 amide bonds. The molecule has 0 radical (unpaired) electrons. The molecule has 0 spiro atoms. The Morgan fingerprint density at radius 3 is 2.27 bits per heavy atom. The van der Waals surface area contributed by atoms with Gasteiger partial charge in [0.15, 0.2) is 11.6 Å². The van der Waals surface area contributed by atoms with E-state index in [0.29, 0.717) is 17.8 Å². The van der Waals surface area contributed by atoms with Crippen molar-refractivity contribution in [3.63, 3.8) is 0 Å². The van der Waals surface area contributed by atoms with Crippen LogP contribution in [-0.2, 0) is 9.59 Å². The van der Waals surface area contributed by atoms with Crippen molar-refractivity contribution < 1.29 is 18.7 Å². The lowest BCUT2D eigenvalue weighted by atomic mass is 9.49. The Morgan fingerprint density at radius 2 is 1.70 bits per heavy atom. The second-order valence-electron chi connectivity index (χ2n) is 9.96. The van der Waals surface area contributed by atoms with E-state index in [4.69, 9.17) is 4.74 Å². The lowest BCUT2D eigenvalue weighted by molar-refractivity contribution is -0.149. The summed E-state index contributed by atoms with van der Waals surface area (Å²) < 4.78 is 19.0. The van der Waals surface area contributed by atoms with Crippen molar-refractivity contribution in [2.75, 3.05) is 13.2 Å². The van der Waals surface area contributed by atoms with E-state index in [1.807, 2.05) is 13.8 Å². The molecule has 0 heterocycles. The first-order chi connectivity index (χ1) is 14.4. The zero-order valence-corrected chi connectivity index (χ0v) is 18.0. The van der Waals surface area contributed by atoms with Crippen molar-refractivity contribution in [2.45, 2.75) is 58.4 Å². The fraction of sp³-hybridized carbons (Fsp3) is 0.667. The lowest BCUT2D eigenvalue weighted by Crippen LogP contribution is -2.58. The molecule has 4 aliphatic carbocycles. The van der Waals surface area contributed by atoms with Crippen molar-refractivity contribution in [1.29, 1.82) is 0 Å². The zero-order valence-electron chi connectivity index (χ0n) is 18.0. The highest BCUT2D eigenvalue weighted by molar-refractivity contribution is 5.90. The Labute approximate surface area is 178 Å². The highest BCUT2D eigenvalue weighted by Gasteiger charge is 2.55. The second kappa shape index (κ2) is 8.56. The number of rotatable bonds is 8. The fourth-order valence-corrected chi connectivity index (χ4v) is 6.22. The molecule has 4 fully saturated rings. The number of ether oxygens (including phenoxy) is 1. The number of nitrogens with one attached hydrogen (secondary N) is 2. The number of carbonyl (C=O) groups is 2. The molecule has 0 aromatic heterocycles. The predicted molar refractivity (Wildman–Crippen MR) is 112 cm³/mol. The van der Waals surface area contributed by atoms with Gasteiger partial charge in [0.25, 0.3) is 0 Å². The van der Waals surface area contributed by atoms with Gasteiger partial charge in [0.2, 0.25) is 11.8 Å². The van der Waals surface area contributed by atoms with Crippen LogP contribution in [0, 0.1) is 34.9 Å². The third-order valence-corrected chi connectivity index (χ3v) is 7.25. The van der Waals surface area contributed by atoms with E-state index in [1.165, 1.54) is 25.3 Å². The van der Waals surface area contributed by atoms with Gasteiger partial charge in [-0.05, 0) is 74.3 Å². The molecule has 30 heavy (non-hydrogen) atoms. The maximum Gasteiger partial charge on any atom is 0.242 e. The highest BCUT2D eigenvalue weighted by atomic mass is 19.1. The number of hydrogen-bond acceptors (Lipinski definition) is 3. The lowest BCUT2D eigenvalue weighted by Gasteiger charge is -2.55. The maximum absolute atomic E-state index is 13.6. The minimum absolute atomic E-state index is 0.0182. The Balaban J connectivity index is 1.30. The van der Waals surface area contributed by atoms with Crippen molar-refractivity contribution in [2.24, 2.45) is 29.1 Å². The molecule has 164 valence electrons. The van der Waals surface area contributed by atoms with Gasteiger partial charge in [-0.25, -0.2) is 4.39 Å². The molecule has 0 saturated heterocycles. The van der Waals surface area contributed by atoms with Gasteiger partial charge in [-0.1, -0.05) is 26.0 Å². The van der Waals surface area contributed by atoms with Gasteiger partial charge in [0, 0.05) is 5.41 Å². The van der Waals surface area contributed by atoms with Crippen LogP contribution in [0.1, 0.15) is 52.4 Å². The van der Waals surface area contributed by atoms with E-state index in [9.17, 15) is 14.0 Å². The molecular formula is C24H33FN2O3. The molecule has 2 N–H and O–H groups in total. The predicted octanol–water partition coefficient (Wildman–Crippen LogP) is 3.68. The molecular weight excluding hydrogens is 383 g/mol. The molecule has 5 nitrogen and oxygen atoms in total. The summed E-state index contributed by atoms with van der Waals surface area (Å²) >= 11 is 0. The third kappa shape index (κ3) is 4.33. The summed E-state index contributed by atoms with van der Waals surface area (Å²) in [6, 6.07) is 5.62. The number of hydrogen-bond donors (Lipinski definition) is 2. The maximum atomic E-state index is 13.6. The Bertz CT molecular complexity index is 759. The van der Waals surface area contributed by atoms with E-state index in [2.05, 4.69) is 10.6 Å². The first kappa shape index (κ1) is 21.1. The topological polar surface area (TPSA) is 67.4 Å². The summed E-state index contributed by atoms with van der Waals surface area (Å²) in [5.74, 6) is 1.64. The Hall–Kier alpha value is -2.11. The largest absolute Gasteiger partial charge is 0.489 e. The first-order valence-electron chi connectivity index (χ1n) is 11.3. The van der Waals surface area contributed by atoms with E-state index < -0.39 is 11.9 Å². The van der Waals surface area contributed by atoms with Crippen LogP contribution in [0.3, 0.4) is 0 Å².